The molecule has 0 aromatic rings. The van der Waals surface area contributed by atoms with Crippen molar-refractivity contribution >= 4 is 14.0 Å². The zero-order valence-corrected chi connectivity index (χ0v) is 19.3. The summed E-state index contributed by atoms with van der Waals surface area (Å²) in [6.45, 7) is 12.2. The van der Waals surface area contributed by atoms with E-state index in [-0.39, 0.29) is 0 Å². The molecular weight excluding hydrogens is 350 g/mol. The SMILES string of the molecule is CO/N=C1/C=C2CC[C@H]3[C@@H]4CC[C@H](O[Si](C)(C)C)[C@@]4(C)CC[C@@H]3[C@@]2(C)CC1. The zero-order valence-electron chi connectivity index (χ0n) is 18.3. The van der Waals surface area contributed by atoms with Crippen molar-refractivity contribution in [2.45, 2.75) is 91.0 Å². The van der Waals surface area contributed by atoms with Crippen LogP contribution in [0.4, 0.5) is 0 Å². The van der Waals surface area contributed by atoms with Crippen LogP contribution in [0.1, 0.15) is 65.2 Å². The van der Waals surface area contributed by atoms with Gasteiger partial charge in [0.25, 0.3) is 0 Å². The second-order valence-corrected chi connectivity index (χ2v) is 15.6. The molecule has 3 nitrogen and oxygen atoms in total. The lowest BCUT2D eigenvalue weighted by atomic mass is 9.47. The van der Waals surface area contributed by atoms with Crippen LogP contribution in [0.3, 0.4) is 0 Å². The highest BCUT2D eigenvalue weighted by molar-refractivity contribution is 6.69. The molecule has 4 aliphatic rings. The van der Waals surface area contributed by atoms with Crippen LogP contribution in [0.15, 0.2) is 16.8 Å². The van der Waals surface area contributed by atoms with Crippen LogP contribution >= 0.6 is 0 Å². The Labute approximate surface area is 167 Å². The van der Waals surface area contributed by atoms with Gasteiger partial charge < -0.3 is 9.26 Å². The van der Waals surface area contributed by atoms with Crippen molar-refractivity contribution in [3.8, 4) is 0 Å². The van der Waals surface area contributed by atoms with Crippen LogP contribution in [0.25, 0.3) is 0 Å². The lowest BCUT2D eigenvalue weighted by molar-refractivity contribution is -0.0675. The van der Waals surface area contributed by atoms with E-state index in [0.29, 0.717) is 16.9 Å². The van der Waals surface area contributed by atoms with E-state index in [1.54, 1.807) is 12.7 Å². The van der Waals surface area contributed by atoms with Gasteiger partial charge in [-0.2, -0.15) is 0 Å². The molecule has 6 atom stereocenters. The topological polar surface area (TPSA) is 30.8 Å². The number of fused-ring (bicyclic) bond motifs is 5. The molecule has 3 fully saturated rings. The first-order valence-electron chi connectivity index (χ1n) is 11.2. The quantitative estimate of drug-likeness (QED) is 0.427. The number of oxime groups is 1. The van der Waals surface area contributed by atoms with Gasteiger partial charge in [0, 0.05) is 0 Å². The van der Waals surface area contributed by atoms with E-state index in [1.807, 2.05) is 0 Å². The summed E-state index contributed by atoms with van der Waals surface area (Å²) < 4.78 is 6.72. The van der Waals surface area contributed by atoms with Gasteiger partial charge in [0.2, 0.25) is 0 Å². The number of hydrogen-bond acceptors (Lipinski definition) is 3. The third-order valence-corrected chi connectivity index (χ3v) is 9.59. The van der Waals surface area contributed by atoms with Gasteiger partial charge in [-0.1, -0.05) is 24.6 Å². The third kappa shape index (κ3) is 3.25. The molecule has 152 valence electrons. The number of hydrogen-bond donors (Lipinski definition) is 0. The Kier molecular flexibility index (Phi) is 4.90. The molecule has 0 saturated heterocycles. The maximum atomic E-state index is 6.72. The maximum Gasteiger partial charge on any atom is 0.184 e. The predicted octanol–water partition coefficient (Wildman–Crippen LogP) is 6.17. The van der Waals surface area contributed by atoms with Crippen LogP contribution in [0, 0.1) is 28.6 Å². The average molecular weight is 390 g/mol. The van der Waals surface area contributed by atoms with Gasteiger partial charge in [0.05, 0.1) is 11.8 Å². The molecule has 3 saturated carbocycles. The molecule has 0 spiro atoms. The summed E-state index contributed by atoms with van der Waals surface area (Å²) in [4.78, 5) is 5.05. The highest BCUT2D eigenvalue weighted by Crippen LogP contribution is 2.65. The fraction of sp³-hybridized carbons (Fsp3) is 0.870. The van der Waals surface area contributed by atoms with Crippen molar-refractivity contribution in [2.24, 2.45) is 33.7 Å². The molecule has 0 amide bonds. The highest BCUT2D eigenvalue weighted by atomic mass is 28.4. The Morgan fingerprint density at radius 2 is 1.78 bits per heavy atom. The second kappa shape index (κ2) is 6.72. The lowest BCUT2D eigenvalue weighted by Crippen LogP contribution is -2.52. The van der Waals surface area contributed by atoms with Crippen LogP contribution in [-0.4, -0.2) is 27.2 Å². The van der Waals surface area contributed by atoms with Crippen molar-refractivity contribution in [3.63, 3.8) is 0 Å². The van der Waals surface area contributed by atoms with E-state index < -0.39 is 8.32 Å². The Morgan fingerprint density at radius 3 is 2.48 bits per heavy atom. The molecule has 0 aromatic heterocycles. The van der Waals surface area contributed by atoms with Crippen molar-refractivity contribution in [1.82, 2.24) is 0 Å². The summed E-state index contributed by atoms with van der Waals surface area (Å²) in [5.41, 5.74) is 3.60. The normalized spacial score (nSPS) is 45.7. The number of nitrogens with zero attached hydrogens (tertiary/aromatic N) is 1. The van der Waals surface area contributed by atoms with E-state index >= 15 is 0 Å². The highest BCUT2D eigenvalue weighted by Gasteiger charge is 2.59. The summed E-state index contributed by atoms with van der Waals surface area (Å²) in [7, 11) is 0.182. The van der Waals surface area contributed by atoms with Crippen LogP contribution in [0.5, 0.6) is 0 Å². The van der Waals surface area contributed by atoms with Gasteiger partial charge in [0.15, 0.2) is 8.32 Å². The Hall–Kier alpha value is -0.613. The Morgan fingerprint density at radius 1 is 1.00 bits per heavy atom. The van der Waals surface area contributed by atoms with Gasteiger partial charge in [-0.15, -0.1) is 0 Å². The fourth-order valence-corrected chi connectivity index (χ4v) is 8.57. The molecule has 0 unspecified atom stereocenters. The maximum absolute atomic E-state index is 6.72. The first-order valence-corrected chi connectivity index (χ1v) is 14.6. The van der Waals surface area contributed by atoms with Crippen LogP contribution in [0.2, 0.25) is 19.6 Å². The van der Waals surface area contributed by atoms with Crippen LogP contribution in [-0.2, 0) is 9.26 Å². The molecule has 0 bridgehead atoms. The van der Waals surface area contributed by atoms with Crippen molar-refractivity contribution in [1.29, 1.82) is 0 Å². The van der Waals surface area contributed by atoms with Gasteiger partial charge in [0.1, 0.15) is 7.11 Å². The van der Waals surface area contributed by atoms with E-state index in [2.05, 4.69) is 44.7 Å². The summed E-state index contributed by atoms with van der Waals surface area (Å²) in [6, 6.07) is 0. The number of allylic oxidation sites excluding steroid dienone is 2. The van der Waals surface area contributed by atoms with E-state index in [0.717, 1.165) is 29.9 Å². The average Bonchev–Trinajstić information content (AvgIpc) is 2.90. The molecule has 0 aromatic carbocycles. The summed E-state index contributed by atoms with van der Waals surface area (Å²) in [5, 5.41) is 4.25. The van der Waals surface area contributed by atoms with E-state index in [9.17, 15) is 0 Å². The van der Waals surface area contributed by atoms with E-state index in [4.69, 9.17) is 9.26 Å². The fourth-order valence-electron chi connectivity index (χ4n) is 7.33. The molecular formula is C23H39NO2Si. The van der Waals surface area contributed by atoms with Crippen molar-refractivity contribution in [2.75, 3.05) is 7.11 Å². The third-order valence-electron chi connectivity index (χ3n) is 8.59. The number of rotatable bonds is 3. The minimum absolute atomic E-state index is 0.384. The minimum Gasteiger partial charge on any atom is -0.414 e. The molecule has 4 heteroatoms. The predicted molar refractivity (Wildman–Crippen MR) is 114 cm³/mol. The smallest absolute Gasteiger partial charge is 0.184 e. The molecule has 0 radical (unpaired) electrons. The molecule has 27 heavy (non-hydrogen) atoms. The van der Waals surface area contributed by atoms with Crippen molar-refractivity contribution < 1.29 is 9.26 Å². The summed E-state index contributed by atoms with van der Waals surface area (Å²) >= 11 is 0. The second-order valence-electron chi connectivity index (χ2n) is 11.1. The van der Waals surface area contributed by atoms with Crippen LogP contribution < -0.4 is 0 Å². The Balaban J connectivity index is 1.58. The summed E-state index contributed by atoms with van der Waals surface area (Å²) in [5.74, 6) is 2.61. The molecule has 4 rings (SSSR count). The standard InChI is InChI=1S/C23H39NO2Si/c1-22-13-11-17(24-25-3)15-16(22)7-8-18-19-9-10-21(26-27(4,5)6)23(19,2)14-12-20(18)22/h15,18-21H,7-14H2,1-6H3/b24-17+/t18-,19-,20-,21-,22-,23-/m0/s1. The first-order chi connectivity index (χ1) is 12.7. The molecule has 0 N–H and O–H groups in total. The Bertz CT molecular complexity index is 651. The van der Waals surface area contributed by atoms with Gasteiger partial charge in [-0.3, -0.25) is 0 Å². The largest absolute Gasteiger partial charge is 0.414 e. The molecule has 4 aliphatic carbocycles. The van der Waals surface area contributed by atoms with E-state index in [1.165, 1.54) is 44.9 Å². The van der Waals surface area contributed by atoms with Crippen molar-refractivity contribution in [3.05, 3.63) is 11.6 Å². The van der Waals surface area contributed by atoms with Gasteiger partial charge in [-0.05, 0) is 106 Å². The first kappa shape index (κ1) is 19.7. The van der Waals surface area contributed by atoms with Gasteiger partial charge in [-0.25, -0.2) is 0 Å². The molecule has 0 heterocycles. The minimum atomic E-state index is -1.48. The monoisotopic (exact) mass is 389 g/mol. The lowest BCUT2D eigenvalue weighted by Gasteiger charge is -2.58. The van der Waals surface area contributed by atoms with Gasteiger partial charge >= 0.3 is 0 Å². The zero-order chi connectivity index (χ0) is 19.4. The molecule has 0 aliphatic heterocycles. The summed E-state index contributed by atoms with van der Waals surface area (Å²) in [6.07, 6.45) is 13.2.